The second-order valence-corrected chi connectivity index (χ2v) is 13.9. The van der Waals surface area contributed by atoms with Gasteiger partial charge in [-0.3, -0.25) is 14.6 Å². The fourth-order valence-electron chi connectivity index (χ4n) is 6.17. The third-order valence-electron chi connectivity index (χ3n) is 8.81. The monoisotopic (exact) mass is 647 g/mol. The molecule has 45 heavy (non-hydrogen) atoms. The Morgan fingerprint density at radius 1 is 1.11 bits per heavy atom. The summed E-state index contributed by atoms with van der Waals surface area (Å²) in [6.45, 7) is 4.22. The number of carbonyl (C=O) groups excluding carboxylic acids is 2. The first kappa shape index (κ1) is 32.8. The molecule has 10 nitrogen and oxygen atoms in total. The summed E-state index contributed by atoms with van der Waals surface area (Å²) >= 11 is 0. The topological polar surface area (TPSA) is 123 Å². The molecule has 1 spiro atoms. The van der Waals surface area contributed by atoms with Crippen LogP contribution in [-0.2, 0) is 21.0 Å². The van der Waals surface area contributed by atoms with Gasteiger partial charge >= 0.3 is 6.18 Å². The van der Waals surface area contributed by atoms with Gasteiger partial charge in [-0.15, -0.1) is 0 Å². The van der Waals surface area contributed by atoms with Crippen LogP contribution in [0, 0.1) is 13.8 Å². The number of amidine groups is 1. The molecule has 3 aliphatic rings. The number of piperidine rings is 1. The largest absolute Gasteiger partial charge is 0.416 e. The van der Waals surface area contributed by atoms with Gasteiger partial charge in [-0.2, -0.15) is 17.5 Å². The molecular weight excluding hydrogens is 611 g/mol. The van der Waals surface area contributed by atoms with E-state index >= 15 is 0 Å². The number of β-amino-alcohol motifs (C(OH)–C–C–N with tert-alkyl or cyclic N) is 1. The number of hydrogen-bond donors (Lipinski definition) is 2. The van der Waals surface area contributed by atoms with Crippen LogP contribution in [0.5, 0.6) is 0 Å². The second kappa shape index (κ2) is 12.0. The molecule has 3 heterocycles. The molecule has 2 saturated heterocycles. The molecule has 0 radical (unpaired) electrons. The number of amides is 2. The van der Waals surface area contributed by atoms with E-state index in [0.717, 1.165) is 17.5 Å². The normalized spacial score (nSPS) is 22.5. The number of likely N-dealkylation sites (N-methyl/N-ethyl adjacent to an activating group) is 1. The molecule has 5 rings (SSSR count). The van der Waals surface area contributed by atoms with Crippen LogP contribution in [0.4, 0.5) is 13.2 Å². The average molecular weight is 648 g/mol. The Balaban J connectivity index is 1.27. The van der Waals surface area contributed by atoms with Crippen molar-refractivity contribution in [3.05, 3.63) is 75.2 Å². The molecular formula is C31H36F3N5O5S. The Morgan fingerprint density at radius 2 is 1.76 bits per heavy atom. The number of alkyl halides is 3. The van der Waals surface area contributed by atoms with Crippen molar-refractivity contribution in [2.75, 3.05) is 40.3 Å². The average Bonchev–Trinajstić information content (AvgIpc) is 3.51. The highest BCUT2D eigenvalue weighted by Gasteiger charge is 2.47. The Bertz CT molecular complexity index is 1660. The van der Waals surface area contributed by atoms with Crippen molar-refractivity contribution in [2.24, 2.45) is 4.99 Å². The van der Waals surface area contributed by atoms with Gasteiger partial charge in [0, 0.05) is 42.7 Å². The molecule has 2 fully saturated rings. The number of likely N-dealkylation sites (tertiary alicyclic amines) is 1. The van der Waals surface area contributed by atoms with Gasteiger partial charge in [-0.1, -0.05) is 12.1 Å². The first-order valence-corrected chi connectivity index (χ1v) is 16.0. The van der Waals surface area contributed by atoms with E-state index in [2.05, 4.69) is 10.3 Å². The molecule has 3 aliphatic heterocycles. The highest BCUT2D eigenvalue weighted by Crippen LogP contribution is 2.34. The summed E-state index contributed by atoms with van der Waals surface area (Å²) in [6, 6.07) is 7.80. The number of nitrogens with zero attached hydrogens (tertiary/aromatic N) is 4. The fraction of sp³-hybridized carbons (Fsp3) is 0.452. The van der Waals surface area contributed by atoms with Gasteiger partial charge in [0.15, 0.2) is 0 Å². The third kappa shape index (κ3) is 6.55. The highest BCUT2D eigenvalue weighted by molar-refractivity contribution is 7.92. The van der Waals surface area contributed by atoms with E-state index in [9.17, 15) is 36.3 Å². The van der Waals surface area contributed by atoms with Crippen LogP contribution >= 0.6 is 0 Å². The first-order valence-electron chi connectivity index (χ1n) is 14.5. The molecule has 0 bridgehead atoms. The number of sulfonamides is 1. The summed E-state index contributed by atoms with van der Waals surface area (Å²) in [7, 11) is -0.178. The lowest BCUT2D eigenvalue weighted by Crippen LogP contribution is -2.50. The summed E-state index contributed by atoms with van der Waals surface area (Å²) in [5, 5.41) is 14.0. The molecule has 0 aromatic heterocycles. The fourth-order valence-corrected chi connectivity index (χ4v) is 7.34. The van der Waals surface area contributed by atoms with Crippen LogP contribution in [0.1, 0.15) is 51.0 Å². The number of aliphatic hydroxyl groups is 1. The quantitative estimate of drug-likeness (QED) is 0.498. The zero-order chi connectivity index (χ0) is 32.9. The molecule has 0 unspecified atom stereocenters. The number of aliphatic hydroxyl groups excluding tert-OH is 1. The number of halogens is 3. The summed E-state index contributed by atoms with van der Waals surface area (Å²) < 4.78 is 67.3. The van der Waals surface area contributed by atoms with E-state index in [-0.39, 0.29) is 55.8 Å². The van der Waals surface area contributed by atoms with E-state index in [1.807, 2.05) is 19.0 Å². The predicted molar refractivity (Wildman–Crippen MR) is 163 cm³/mol. The van der Waals surface area contributed by atoms with Gasteiger partial charge in [0.1, 0.15) is 11.4 Å². The van der Waals surface area contributed by atoms with E-state index in [4.69, 9.17) is 0 Å². The summed E-state index contributed by atoms with van der Waals surface area (Å²) in [5.41, 5.74) is 0.548. The molecule has 2 N–H and O–H groups in total. The van der Waals surface area contributed by atoms with Gasteiger partial charge in [0.2, 0.25) is 10.0 Å². The number of aliphatic imine (C=N–C) groups is 1. The second-order valence-electron chi connectivity index (χ2n) is 12.1. The number of nitrogens with one attached hydrogen (secondary N) is 1. The predicted octanol–water partition coefficient (Wildman–Crippen LogP) is 2.78. The van der Waals surface area contributed by atoms with Gasteiger partial charge < -0.3 is 20.2 Å². The summed E-state index contributed by atoms with van der Waals surface area (Å²) in [5.74, 6) is -0.637. The molecule has 0 aliphatic carbocycles. The lowest BCUT2D eigenvalue weighted by Gasteiger charge is -2.34. The maximum atomic E-state index is 13.3. The van der Waals surface area contributed by atoms with Crippen molar-refractivity contribution in [1.82, 2.24) is 19.4 Å². The van der Waals surface area contributed by atoms with Crippen molar-refractivity contribution in [2.45, 2.75) is 50.6 Å². The van der Waals surface area contributed by atoms with E-state index < -0.39 is 39.3 Å². The first-order chi connectivity index (χ1) is 21.0. The number of aryl methyl sites for hydroxylation is 2. The molecule has 2 aromatic rings. The van der Waals surface area contributed by atoms with E-state index in [1.54, 1.807) is 30.9 Å². The summed E-state index contributed by atoms with van der Waals surface area (Å²) in [4.78, 5) is 34.0. The van der Waals surface area contributed by atoms with Gasteiger partial charge in [0.25, 0.3) is 11.8 Å². The number of benzene rings is 2. The smallest absolute Gasteiger partial charge is 0.390 e. The van der Waals surface area contributed by atoms with E-state index in [1.165, 1.54) is 22.5 Å². The Hall–Kier alpha value is -3.59. The SMILES string of the molecule is Cc1cc(C(=O)N2C[C@@H](O)[C@H](N(C)C)C2)cc(C)c1/C=C/S(=O)(=O)N1CCC2(CC1)N=C(c1cccc(C(F)(F)F)c1)NC2=O. The molecule has 2 amide bonds. The number of carbonyl (C=O) groups is 2. The molecule has 2 atom stereocenters. The zero-order valence-electron chi connectivity index (χ0n) is 25.4. The maximum Gasteiger partial charge on any atom is 0.416 e. The maximum absolute atomic E-state index is 13.3. The van der Waals surface area contributed by atoms with Crippen LogP contribution < -0.4 is 5.32 Å². The zero-order valence-corrected chi connectivity index (χ0v) is 26.2. The van der Waals surface area contributed by atoms with Crippen LogP contribution in [0.2, 0.25) is 0 Å². The van der Waals surface area contributed by atoms with Crippen molar-refractivity contribution in [3.8, 4) is 0 Å². The molecule has 14 heteroatoms. The lowest BCUT2D eigenvalue weighted by molar-refractivity contribution is -0.137. The molecule has 2 aromatic carbocycles. The van der Waals surface area contributed by atoms with Crippen molar-refractivity contribution < 1.29 is 36.3 Å². The van der Waals surface area contributed by atoms with Crippen molar-refractivity contribution >= 4 is 33.7 Å². The van der Waals surface area contributed by atoms with Crippen LogP contribution in [-0.4, -0.2) is 103 Å². The van der Waals surface area contributed by atoms with Crippen LogP contribution in [0.15, 0.2) is 46.8 Å². The van der Waals surface area contributed by atoms with Crippen LogP contribution in [0.3, 0.4) is 0 Å². The number of hydrogen-bond acceptors (Lipinski definition) is 7. The Morgan fingerprint density at radius 3 is 2.33 bits per heavy atom. The minimum atomic E-state index is -4.55. The van der Waals surface area contributed by atoms with Gasteiger partial charge in [0.05, 0.1) is 17.7 Å². The highest BCUT2D eigenvalue weighted by atomic mass is 32.2. The minimum absolute atomic E-state index is 0.000493. The van der Waals surface area contributed by atoms with E-state index in [0.29, 0.717) is 28.8 Å². The Labute approximate surface area is 260 Å². The van der Waals surface area contributed by atoms with Gasteiger partial charge in [-0.05, 0) is 87.8 Å². The number of rotatable bonds is 6. The van der Waals surface area contributed by atoms with Crippen molar-refractivity contribution in [1.29, 1.82) is 0 Å². The van der Waals surface area contributed by atoms with Crippen LogP contribution in [0.25, 0.3) is 6.08 Å². The Kier molecular flexibility index (Phi) is 8.72. The van der Waals surface area contributed by atoms with Gasteiger partial charge in [-0.25, -0.2) is 8.42 Å². The van der Waals surface area contributed by atoms with Crippen molar-refractivity contribution in [3.63, 3.8) is 0 Å². The third-order valence-corrected chi connectivity index (χ3v) is 10.4. The lowest BCUT2D eigenvalue weighted by atomic mass is 9.89. The standard InChI is InChI=1S/C31H36F3N5O5S/c1-19-14-22(28(41)38-17-25(37(3)4)26(40)18-38)15-20(2)24(19)8-13-45(43,44)39-11-9-30(10-12-39)29(42)35-27(36-30)21-6-5-7-23(16-21)31(32,33)34/h5-8,13-16,25-26,40H,9-12,17-18H2,1-4H3,(H,35,36,42)/b13-8+/t25-,26-/m1/s1. The molecule has 0 saturated carbocycles. The minimum Gasteiger partial charge on any atom is -0.390 e. The molecule has 242 valence electrons. The summed E-state index contributed by atoms with van der Waals surface area (Å²) in [6.07, 6.45) is -3.55.